The Morgan fingerprint density at radius 1 is 0.977 bits per heavy atom. The van der Waals surface area contributed by atoms with Gasteiger partial charge in [-0.1, -0.05) is 32.3 Å². The number of fused-ring (bicyclic) bond motifs is 1. The summed E-state index contributed by atoms with van der Waals surface area (Å²) >= 11 is 0. The van der Waals surface area contributed by atoms with Gasteiger partial charge in [-0.2, -0.15) is 0 Å². The summed E-state index contributed by atoms with van der Waals surface area (Å²) in [6.45, 7) is 2.72. The number of aryl methyl sites for hydroxylation is 1. The number of imidazole rings is 1. The fourth-order valence-corrected chi connectivity index (χ4v) is 4.55. The third kappa shape index (κ3) is 8.40. The number of hydrogen-bond donors (Lipinski definition) is 3. The van der Waals surface area contributed by atoms with Crippen LogP contribution in [-0.4, -0.2) is 56.7 Å². The van der Waals surface area contributed by atoms with E-state index in [1.807, 2.05) is 11.6 Å². The zero-order valence-corrected chi connectivity index (χ0v) is 24.8. The molecule has 2 aromatic heterocycles. The highest BCUT2D eigenvalue weighted by atomic mass is 16.5. The van der Waals surface area contributed by atoms with E-state index in [1.165, 1.54) is 4.90 Å². The third-order valence-electron chi connectivity index (χ3n) is 6.99. The van der Waals surface area contributed by atoms with Gasteiger partial charge in [0.2, 0.25) is 0 Å². The minimum absolute atomic E-state index is 0.0235. The molecule has 0 spiro atoms. The third-order valence-corrected chi connectivity index (χ3v) is 6.99. The SMILES string of the molecule is CCCCCCOC(=O)NC(=O)c1ccc(NCc2nc3cc(C(=O)N(CCC(=O)O)c4ccccn4)ccc3n2C)cc1. The molecule has 12 nitrogen and oxygen atoms in total. The summed E-state index contributed by atoms with van der Waals surface area (Å²) in [5.74, 6) is -0.851. The highest BCUT2D eigenvalue weighted by molar-refractivity contribution is 6.07. The topological polar surface area (TPSA) is 156 Å². The van der Waals surface area contributed by atoms with Crippen molar-refractivity contribution in [2.24, 2.45) is 7.05 Å². The summed E-state index contributed by atoms with van der Waals surface area (Å²) in [6.07, 6.45) is 4.47. The molecule has 0 fully saturated rings. The molecular weight excluding hydrogens is 564 g/mol. The minimum atomic E-state index is -1.01. The molecule has 0 radical (unpaired) electrons. The average Bonchev–Trinajstić information content (AvgIpc) is 3.34. The maximum atomic E-state index is 13.4. The Hall–Kier alpha value is -5.26. The molecule has 4 rings (SSSR count). The van der Waals surface area contributed by atoms with Crippen LogP contribution in [0.25, 0.3) is 11.0 Å². The molecule has 0 unspecified atom stereocenters. The van der Waals surface area contributed by atoms with Crippen molar-refractivity contribution in [1.82, 2.24) is 19.9 Å². The molecule has 2 heterocycles. The lowest BCUT2D eigenvalue weighted by atomic mass is 10.1. The molecule has 0 aliphatic heterocycles. The van der Waals surface area contributed by atoms with Crippen LogP contribution in [0.2, 0.25) is 0 Å². The molecule has 44 heavy (non-hydrogen) atoms. The number of hydrogen-bond acceptors (Lipinski definition) is 8. The quantitative estimate of drug-likeness (QED) is 0.167. The molecule has 3 N–H and O–H groups in total. The first-order valence-electron chi connectivity index (χ1n) is 14.5. The van der Waals surface area contributed by atoms with Gasteiger partial charge >= 0.3 is 12.1 Å². The molecule has 12 heteroatoms. The molecule has 0 aliphatic rings. The number of benzene rings is 2. The second-order valence-electron chi connectivity index (χ2n) is 10.2. The number of nitrogens with one attached hydrogen (secondary N) is 2. The predicted molar refractivity (Wildman–Crippen MR) is 166 cm³/mol. The number of aromatic nitrogens is 3. The second kappa shape index (κ2) is 15.3. The Morgan fingerprint density at radius 3 is 2.45 bits per heavy atom. The van der Waals surface area contributed by atoms with Crippen LogP contribution in [0.5, 0.6) is 0 Å². The number of pyridine rings is 1. The lowest BCUT2D eigenvalue weighted by Crippen LogP contribution is -2.33. The monoisotopic (exact) mass is 600 g/mol. The van der Waals surface area contributed by atoms with E-state index in [0.717, 1.165) is 36.9 Å². The summed E-state index contributed by atoms with van der Waals surface area (Å²) in [7, 11) is 1.87. The number of anilines is 2. The van der Waals surface area contributed by atoms with Gasteiger partial charge in [0.15, 0.2) is 0 Å². The van der Waals surface area contributed by atoms with E-state index in [9.17, 15) is 24.3 Å². The predicted octanol–water partition coefficient (Wildman–Crippen LogP) is 5.15. The van der Waals surface area contributed by atoms with Crippen molar-refractivity contribution in [2.75, 3.05) is 23.4 Å². The van der Waals surface area contributed by atoms with Crippen LogP contribution in [0.1, 0.15) is 65.6 Å². The molecule has 0 saturated heterocycles. The first-order chi connectivity index (χ1) is 21.3. The minimum Gasteiger partial charge on any atom is -0.481 e. The van der Waals surface area contributed by atoms with Crippen molar-refractivity contribution in [3.8, 4) is 0 Å². The van der Waals surface area contributed by atoms with Crippen molar-refractivity contribution in [3.05, 3.63) is 83.8 Å². The number of unbranched alkanes of at least 4 members (excludes halogenated alkanes) is 3. The Balaban J connectivity index is 1.38. The van der Waals surface area contributed by atoms with E-state index in [1.54, 1.807) is 66.9 Å². The fourth-order valence-electron chi connectivity index (χ4n) is 4.55. The van der Waals surface area contributed by atoms with Gasteiger partial charge in [-0.15, -0.1) is 0 Å². The largest absolute Gasteiger partial charge is 0.481 e. The van der Waals surface area contributed by atoms with Crippen LogP contribution in [0.3, 0.4) is 0 Å². The Kier molecular flexibility index (Phi) is 11.0. The first kappa shape index (κ1) is 31.7. The molecule has 4 aromatic rings. The Labute approximate surface area is 255 Å². The molecule has 0 bridgehead atoms. The van der Waals surface area contributed by atoms with Crippen molar-refractivity contribution in [3.63, 3.8) is 0 Å². The maximum absolute atomic E-state index is 13.4. The van der Waals surface area contributed by atoms with Gasteiger partial charge in [-0.3, -0.25) is 24.6 Å². The zero-order chi connectivity index (χ0) is 31.5. The lowest BCUT2D eigenvalue weighted by molar-refractivity contribution is -0.136. The number of amides is 3. The van der Waals surface area contributed by atoms with Gasteiger partial charge in [0.25, 0.3) is 11.8 Å². The summed E-state index contributed by atoms with van der Waals surface area (Å²) in [5, 5.41) is 14.7. The van der Waals surface area contributed by atoms with Gasteiger partial charge in [-0.05, 0) is 61.0 Å². The van der Waals surface area contributed by atoms with Crippen LogP contribution in [0.15, 0.2) is 66.9 Å². The number of carboxylic acids is 1. The van der Waals surface area contributed by atoms with Gasteiger partial charge in [0.1, 0.15) is 11.6 Å². The lowest BCUT2D eigenvalue weighted by Gasteiger charge is -2.21. The number of ether oxygens (including phenoxy) is 1. The number of alkyl carbamates (subject to hydrolysis) is 1. The number of carbonyl (C=O) groups is 4. The number of nitrogens with zero attached hydrogens (tertiary/aromatic N) is 4. The zero-order valence-electron chi connectivity index (χ0n) is 24.8. The van der Waals surface area contributed by atoms with Crippen molar-refractivity contribution >= 4 is 46.4 Å². The maximum Gasteiger partial charge on any atom is 0.414 e. The van der Waals surface area contributed by atoms with E-state index in [-0.39, 0.29) is 25.5 Å². The molecule has 230 valence electrons. The van der Waals surface area contributed by atoms with Crippen LogP contribution in [0.4, 0.5) is 16.3 Å². The average molecular weight is 601 g/mol. The van der Waals surface area contributed by atoms with E-state index >= 15 is 0 Å². The van der Waals surface area contributed by atoms with E-state index in [4.69, 9.17) is 9.72 Å². The number of imide groups is 1. The Bertz CT molecular complexity index is 1600. The molecule has 3 amide bonds. The normalized spacial score (nSPS) is 10.8. The van der Waals surface area contributed by atoms with E-state index in [2.05, 4.69) is 22.5 Å². The summed E-state index contributed by atoms with van der Waals surface area (Å²) in [4.78, 5) is 59.2. The van der Waals surface area contributed by atoms with Gasteiger partial charge in [0.05, 0.1) is 30.6 Å². The highest BCUT2D eigenvalue weighted by Crippen LogP contribution is 2.21. The van der Waals surface area contributed by atoms with Crippen molar-refractivity contribution in [2.45, 2.75) is 45.6 Å². The van der Waals surface area contributed by atoms with E-state index < -0.39 is 18.0 Å². The van der Waals surface area contributed by atoms with Crippen molar-refractivity contribution in [1.29, 1.82) is 0 Å². The number of carboxylic acid groups (broad SMARTS) is 1. The van der Waals surface area contributed by atoms with E-state index in [0.29, 0.717) is 34.8 Å². The summed E-state index contributed by atoms with van der Waals surface area (Å²) in [5.41, 5.74) is 2.85. The van der Waals surface area contributed by atoms with Gasteiger partial charge in [-0.25, -0.2) is 14.8 Å². The second-order valence-corrected chi connectivity index (χ2v) is 10.2. The highest BCUT2D eigenvalue weighted by Gasteiger charge is 2.21. The number of rotatable bonds is 14. The molecular formula is C32H36N6O6. The van der Waals surface area contributed by atoms with Gasteiger partial charge < -0.3 is 19.7 Å². The number of carbonyl (C=O) groups excluding carboxylic acids is 3. The van der Waals surface area contributed by atoms with Crippen molar-refractivity contribution < 1.29 is 29.0 Å². The van der Waals surface area contributed by atoms with Crippen LogP contribution >= 0.6 is 0 Å². The molecule has 0 saturated carbocycles. The number of aliphatic carboxylic acids is 1. The Morgan fingerprint density at radius 2 is 1.75 bits per heavy atom. The van der Waals surface area contributed by atoms with Gasteiger partial charge in [0, 0.05) is 36.6 Å². The smallest absolute Gasteiger partial charge is 0.414 e. The van der Waals surface area contributed by atoms with Crippen LogP contribution in [-0.2, 0) is 23.1 Å². The fraction of sp³-hybridized carbons (Fsp3) is 0.312. The summed E-state index contributed by atoms with van der Waals surface area (Å²) < 4.78 is 6.97. The summed E-state index contributed by atoms with van der Waals surface area (Å²) in [6, 6.07) is 17.0. The molecule has 2 aromatic carbocycles. The van der Waals surface area contributed by atoms with Crippen LogP contribution < -0.4 is 15.5 Å². The van der Waals surface area contributed by atoms with Crippen LogP contribution in [0, 0.1) is 0 Å². The molecule has 0 atom stereocenters. The standard InChI is InChI=1S/C32H36N6O6/c1-3-4-5-8-19-44-32(43)36-30(41)22-10-13-24(14-11-22)34-21-28-35-25-20-23(12-15-26(25)37(28)2)31(42)38(18-16-29(39)40)27-9-6-7-17-33-27/h6-7,9-15,17,20,34H,3-5,8,16,18-19,21H2,1-2H3,(H,39,40)(H,36,41,43). The first-order valence-corrected chi connectivity index (χ1v) is 14.5. The molecule has 0 aliphatic carbocycles.